The third-order valence-corrected chi connectivity index (χ3v) is 4.72. The molecule has 7 nitrogen and oxygen atoms in total. The number of anilines is 1. The Kier molecular flexibility index (Phi) is 5.63. The molecule has 146 valence electrons. The first-order valence-electron chi connectivity index (χ1n) is 9.09. The quantitative estimate of drug-likeness (QED) is 0.659. The van der Waals surface area contributed by atoms with Crippen molar-refractivity contribution in [2.45, 2.75) is 19.4 Å². The summed E-state index contributed by atoms with van der Waals surface area (Å²) < 4.78 is 7.52. The van der Waals surface area contributed by atoms with Gasteiger partial charge in [-0.05, 0) is 23.3 Å². The van der Waals surface area contributed by atoms with E-state index in [4.69, 9.17) is 4.74 Å². The van der Waals surface area contributed by atoms with Gasteiger partial charge in [-0.3, -0.25) is 13.9 Å². The minimum absolute atomic E-state index is 0.238. The zero-order valence-corrected chi connectivity index (χ0v) is 16.1. The number of benzene rings is 2. The van der Waals surface area contributed by atoms with Gasteiger partial charge in [0.05, 0.1) is 6.61 Å². The van der Waals surface area contributed by atoms with Crippen LogP contribution in [0.4, 0.5) is 5.82 Å². The van der Waals surface area contributed by atoms with Crippen molar-refractivity contribution in [3.63, 3.8) is 0 Å². The summed E-state index contributed by atoms with van der Waals surface area (Å²) in [6.07, 6.45) is 0.351. The largest absolute Gasteiger partial charge is 0.464 e. The average molecular weight is 381 g/mol. The summed E-state index contributed by atoms with van der Waals surface area (Å²) in [5.41, 5.74) is 0.0543. The summed E-state index contributed by atoms with van der Waals surface area (Å²) in [7, 11) is 2.96. The van der Waals surface area contributed by atoms with Crippen LogP contribution >= 0.6 is 0 Å². The van der Waals surface area contributed by atoms with E-state index in [9.17, 15) is 14.4 Å². The van der Waals surface area contributed by atoms with Gasteiger partial charge in [0.1, 0.15) is 11.9 Å². The first-order valence-corrected chi connectivity index (χ1v) is 9.09. The van der Waals surface area contributed by atoms with Crippen LogP contribution in [0.15, 0.2) is 58.1 Å². The molecule has 1 N–H and O–H groups in total. The van der Waals surface area contributed by atoms with E-state index in [1.54, 1.807) is 14.0 Å². The summed E-state index contributed by atoms with van der Waals surface area (Å²) in [6.45, 7) is 1.98. The van der Waals surface area contributed by atoms with Gasteiger partial charge in [-0.2, -0.15) is 0 Å². The van der Waals surface area contributed by atoms with E-state index in [-0.39, 0.29) is 12.4 Å². The maximum absolute atomic E-state index is 12.6. The van der Waals surface area contributed by atoms with Crippen molar-refractivity contribution in [1.82, 2.24) is 9.13 Å². The highest BCUT2D eigenvalue weighted by Gasteiger charge is 2.22. The highest BCUT2D eigenvalue weighted by atomic mass is 16.5. The molecule has 0 bridgehead atoms. The molecule has 3 rings (SSSR count). The fourth-order valence-electron chi connectivity index (χ4n) is 3.18. The Balaban J connectivity index is 2.00. The number of aromatic nitrogens is 2. The second-order valence-corrected chi connectivity index (χ2v) is 6.56. The maximum atomic E-state index is 12.6. The SMILES string of the molecule is CCOC(=O)[C@H](Cc1cccc2ccccc12)Nc1cc(=O)n(C)c(=O)n1C. The highest BCUT2D eigenvalue weighted by molar-refractivity contribution is 5.87. The molecule has 0 aliphatic heterocycles. The Morgan fingerprint density at radius 2 is 1.79 bits per heavy atom. The van der Waals surface area contributed by atoms with Gasteiger partial charge in [-0.25, -0.2) is 9.59 Å². The number of esters is 1. The van der Waals surface area contributed by atoms with Crippen LogP contribution in [0.1, 0.15) is 12.5 Å². The lowest BCUT2D eigenvalue weighted by Crippen LogP contribution is -2.41. The Morgan fingerprint density at radius 3 is 2.54 bits per heavy atom. The average Bonchev–Trinajstić information content (AvgIpc) is 2.70. The van der Waals surface area contributed by atoms with E-state index in [1.165, 1.54) is 17.7 Å². The summed E-state index contributed by atoms with van der Waals surface area (Å²) in [4.78, 5) is 36.8. The molecule has 0 fully saturated rings. The normalized spacial score (nSPS) is 12.0. The predicted octanol–water partition coefficient (Wildman–Crippen LogP) is 1.82. The van der Waals surface area contributed by atoms with Gasteiger partial charge in [-0.1, -0.05) is 42.5 Å². The molecule has 0 aliphatic carbocycles. The molecule has 0 spiro atoms. The Bertz CT molecular complexity index is 1130. The van der Waals surface area contributed by atoms with Crippen LogP contribution in [0.5, 0.6) is 0 Å². The molecule has 1 heterocycles. The van der Waals surface area contributed by atoms with Crippen molar-refractivity contribution < 1.29 is 9.53 Å². The zero-order valence-electron chi connectivity index (χ0n) is 16.1. The van der Waals surface area contributed by atoms with Crippen LogP contribution in [0, 0.1) is 0 Å². The van der Waals surface area contributed by atoms with Gasteiger partial charge in [-0.15, -0.1) is 0 Å². The molecule has 28 heavy (non-hydrogen) atoms. The van der Waals surface area contributed by atoms with Crippen LogP contribution in [0.25, 0.3) is 10.8 Å². The number of hydrogen-bond acceptors (Lipinski definition) is 5. The van der Waals surface area contributed by atoms with E-state index >= 15 is 0 Å². The van der Waals surface area contributed by atoms with Crippen molar-refractivity contribution in [3.8, 4) is 0 Å². The van der Waals surface area contributed by atoms with Gasteiger partial charge >= 0.3 is 11.7 Å². The van der Waals surface area contributed by atoms with Gasteiger partial charge in [0.15, 0.2) is 0 Å². The molecule has 0 saturated heterocycles. The lowest BCUT2D eigenvalue weighted by molar-refractivity contribution is -0.144. The third-order valence-electron chi connectivity index (χ3n) is 4.72. The van der Waals surface area contributed by atoms with Gasteiger partial charge in [0.2, 0.25) is 0 Å². The smallest absolute Gasteiger partial charge is 0.332 e. The van der Waals surface area contributed by atoms with Crippen LogP contribution in [-0.4, -0.2) is 27.8 Å². The Labute approximate surface area is 162 Å². The number of fused-ring (bicyclic) bond motifs is 1. The topological polar surface area (TPSA) is 82.3 Å². The fourth-order valence-corrected chi connectivity index (χ4v) is 3.18. The number of hydrogen-bond donors (Lipinski definition) is 1. The standard InChI is InChI=1S/C21H23N3O4/c1-4-28-20(26)17(22-18-13-19(25)24(3)21(27)23(18)2)12-15-10-7-9-14-8-5-6-11-16(14)15/h5-11,13,17,22H,4,12H2,1-3H3/t17-/m0/s1. The summed E-state index contributed by atoms with van der Waals surface area (Å²) >= 11 is 0. The molecule has 0 saturated carbocycles. The van der Waals surface area contributed by atoms with Crippen molar-refractivity contribution in [1.29, 1.82) is 0 Å². The van der Waals surface area contributed by atoms with Crippen molar-refractivity contribution in [2.75, 3.05) is 11.9 Å². The Hall–Kier alpha value is -3.35. The summed E-state index contributed by atoms with van der Waals surface area (Å²) in [6, 6.07) is 14.4. The van der Waals surface area contributed by atoms with E-state index in [2.05, 4.69) is 5.32 Å². The third kappa shape index (κ3) is 3.83. The lowest BCUT2D eigenvalue weighted by Gasteiger charge is -2.21. The van der Waals surface area contributed by atoms with Crippen LogP contribution in [0.2, 0.25) is 0 Å². The number of ether oxygens (including phenoxy) is 1. The number of nitrogens with one attached hydrogen (secondary N) is 1. The molecule has 7 heteroatoms. The molecule has 3 aromatic rings. The molecule has 0 radical (unpaired) electrons. The first kappa shape index (κ1) is 19.4. The molecule has 1 atom stereocenters. The predicted molar refractivity (Wildman–Crippen MR) is 109 cm³/mol. The molecule has 0 unspecified atom stereocenters. The number of nitrogens with zero attached hydrogens (tertiary/aromatic N) is 2. The van der Waals surface area contributed by atoms with Crippen molar-refractivity contribution in [2.24, 2.45) is 14.1 Å². The number of carbonyl (C=O) groups excluding carboxylic acids is 1. The van der Waals surface area contributed by atoms with Crippen molar-refractivity contribution in [3.05, 3.63) is 74.9 Å². The van der Waals surface area contributed by atoms with Crippen LogP contribution in [-0.2, 0) is 30.0 Å². The van der Waals surface area contributed by atoms with Crippen LogP contribution < -0.4 is 16.6 Å². The molecule has 2 aromatic carbocycles. The zero-order chi connectivity index (χ0) is 20.3. The van der Waals surface area contributed by atoms with E-state index in [0.29, 0.717) is 6.42 Å². The first-order chi connectivity index (χ1) is 13.4. The van der Waals surface area contributed by atoms with Gasteiger partial charge in [0, 0.05) is 26.6 Å². The minimum atomic E-state index is -0.747. The number of carbonyl (C=O) groups is 1. The van der Waals surface area contributed by atoms with Crippen LogP contribution in [0.3, 0.4) is 0 Å². The Morgan fingerprint density at radius 1 is 1.07 bits per heavy atom. The molecule has 1 aromatic heterocycles. The molecule has 0 aliphatic rings. The summed E-state index contributed by atoms with van der Waals surface area (Å²) in [5, 5.41) is 5.14. The second kappa shape index (κ2) is 8.12. The van der Waals surface area contributed by atoms with E-state index in [0.717, 1.165) is 20.9 Å². The monoisotopic (exact) mass is 381 g/mol. The fraction of sp³-hybridized carbons (Fsp3) is 0.286. The second-order valence-electron chi connectivity index (χ2n) is 6.56. The minimum Gasteiger partial charge on any atom is -0.464 e. The van der Waals surface area contributed by atoms with E-state index < -0.39 is 23.3 Å². The molecule has 0 amide bonds. The molecular formula is C21H23N3O4. The summed E-state index contributed by atoms with van der Waals surface area (Å²) in [5.74, 6) is -0.171. The van der Waals surface area contributed by atoms with Gasteiger partial charge < -0.3 is 10.1 Å². The highest BCUT2D eigenvalue weighted by Crippen LogP contribution is 2.21. The molecular weight excluding hydrogens is 358 g/mol. The van der Waals surface area contributed by atoms with Crippen molar-refractivity contribution >= 4 is 22.6 Å². The lowest BCUT2D eigenvalue weighted by atomic mass is 9.98. The number of rotatable bonds is 6. The van der Waals surface area contributed by atoms with E-state index in [1.807, 2.05) is 42.5 Å². The van der Waals surface area contributed by atoms with Gasteiger partial charge in [0.25, 0.3) is 5.56 Å². The maximum Gasteiger partial charge on any atom is 0.332 e.